The van der Waals surface area contributed by atoms with Crippen molar-refractivity contribution in [3.05, 3.63) is 188 Å². The molecule has 0 saturated heterocycles. The Morgan fingerprint density at radius 1 is 0.286 bits per heavy atom. The van der Waals surface area contributed by atoms with Crippen LogP contribution in [0, 0.1) is 0 Å². The summed E-state index contributed by atoms with van der Waals surface area (Å²) in [4.78, 5) is 15.4. The molecular weight excluding hydrogens is 719 g/mol. The minimum absolute atomic E-state index is 0.649. The fourth-order valence-corrected chi connectivity index (χ4v) is 10.3. The summed E-state index contributed by atoms with van der Waals surface area (Å²) in [5.74, 6) is 1.96. The van der Waals surface area contributed by atoms with Gasteiger partial charge in [0.25, 0.3) is 0 Å². The first-order valence-corrected chi connectivity index (χ1v) is 20.3. The molecule has 5 heteroatoms. The van der Waals surface area contributed by atoms with Crippen LogP contribution in [0.1, 0.15) is 0 Å². The molecule has 0 aliphatic heterocycles. The van der Waals surface area contributed by atoms with Crippen LogP contribution in [0.25, 0.3) is 108 Å². The number of hydrogen-bond acceptors (Lipinski definition) is 5. The van der Waals surface area contributed by atoms with Crippen molar-refractivity contribution in [3.8, 4) is 67.5 Å². The molecule has 3 aromatic heterocycles. The van der Waals surface area contributed by atoms with Crippen molar-refractivity contribution in [1.29, 1.82) is 0 Å². The standard InChI is InChI=1S/C51H31N3S2/c1-4-14-32(15-5-1)33-26-28-36(29-27-33)50-52-49(35-18-8-3-9-19-35)53-51(54-50)41-23-13-25-44-47(41)40-22-12-21-38(48(40)56-44)37-30-42(34-16-6-2-7-17-34)46-39-20-10-11-24-43(39)55-45(46)31-37/h1-31H. The van der Waals surface area contributed by atoms with Gasteiger partial charge in [0.1, 0.15) is 0 Å². The first-order valence-electron chi connectivity index (χ1n) is 18.7. The molecule has 262 valence electrons. The van der Waals surface area contributed by atoms with Crippen molar-refractivity contribution in [1.82, 2.24) is 15.0 Å². The van der Waals surface area contributed by atoms with Crippen molar-refractivity contribution in [2.24, 2.45) is 0 Å². The van der Waals surface area contributed by atoms with E-state index in [-0.39, 0.29) is 0 Å². The van der Waals surface area contributed by atoms with E-state index in [1.807, 2.05) is 46.9 Å². The number of nitrogens with zero attached hydrogens (tertiary/aromatic N) is 3. The van der Waals surface area contributed by atoms with Crippen LogP contribution >= 0.6 is 22.7 Å². The number of benzene rings is 8. The van der Waals surface area contributed by atoms with Gasteiger partial charge in [-0.3, -0.25) is 0 Å². The molecule has 0 unspecified atom stereocenters. The molecule has 0 spiro atoms. The maximum atomic E-state index is 5.20. The summed E-state index contributed by atoms with van der Waals surface area (Å²) in [6, 6.07) is 66.7. The van der Waals surface area contributed by atoms with Gasteiger partial charge in [-0.15, -0.1) is 22.7 Å². The first kappa shape index (κ1) is 32.6. The van der Waals surface area contributed by atoms with Gasteiger partial charge in [0.15, 0.2) is 17.5 Å². The molecule has 0 amide bonds. The van der Waals surface area contributed by atoms with E-state index in [9.17, 15) is 0 Å². The number of fused-ring (bicyclic) bond motifs is 6. The second-order valence-electron chi connectivity index (χ2n) is 13.9. The molecule has 3 heterocycles. The van der Waals surface area contributed by atoms with E-state index >= 15 is 0 Å². The maximum absolute atomic E-state index is 5.20. The summed E-state index contributed by atoms with van der Waals surface area (Å²) in [7, 11) is 0. The van der Waals surface area contributed by atoms with Gasteiger partial charge in [0.05, 0.1) is 0 Å². The lowest BCUT2D eigenvalue weighted by molar-refractivity contribution is 1.08. The smallest absolute Gasteiger partial charge is 0.164 e. The third-order valence-corrected chi connectivity index (χ3v) is 12.9. The summed E-state index contributed by atoms with van der Waals surface area (Å²) >= 11 is 3.71. The number of aromatic nitrogens is 3. The van der Waals surface area contributed by atoms with Gasteiger partial charge in [-0.2, -0.15) is 0 Å². The molecule has 0 aliphatic carbocycles. The second kappa shape index (κ2) is 13.5. The number of hydrogen-bond donors (Lipinski definition) is 0. The predicted molar refractivity (Wildman–Crippen MR) is 238 cm³/mol. The lowest BCUT2D eigenvalue weighted by Crippen LogP contribution is -2.00. The second-order valence-corrected chi connectivity index (χ2v) is 16.1. The highest BCUT2D eigenvalue weighted by Gasteiger charge is 2.20. The van der Waals surface area contributed by atoms with Crippen molar-refractivity contribution >= 4 is 63.0 Å². The minimum Gasteiger partial charge on any atom is -0.208 e. The van der Waals surface area contributed by atoms with Gasteiger partial charge >= 0.3 is 0 Å². The zero-order chi connectivity index (χ0) is 37.0. The number of thiophene rings is 2. The van der Waals surface area contributed by atoms with Crippen LogP contribution in [0.3, 0.4) is 0 Å². The van der Waals surface area contributed by atoms with E-state index in [1.54, 1.807) is 0 Å². The predicted octanol–water partition coefficient (Wildman–Crippen LogP) is 14.6. The molecule has 56 heavy (non-hydrogen) atoms. The molecule has 0 fully saturated rings. The largest absolute Gasteiger partial charge is 0.208 e. The Morgan fingerprint density at radius 3 is 1.55 bits per heavy atom. The van der Waals surface area contributed by atoms with Crippen LogP contribution in [-0.4, -0.2) is 15.0 Å². The highest BCUT2D eigenvalue weighted by Crippen LogP contribution is 2.47. The normalized spacial score (nSPS) is 11.6. The summed E-state index contributed by atoms with van der Waals surface area (Å²) in [5.41, 5.74) is 10.2. The Morgan fingerprint density at radius 2 is 0.804 bits per heavy atom. The maximum Gasteiger partial charge on any atom is 0.164 e. The van der Waals surface area contributed by atoms with Gasteiger partial charge in [0, 0.05) is 57.0 Å². The van der Waals surface area contributed by atoms with Crippen molar-refractivity contribution in [2.75, 3.05) is 0 Å². The topological polar surface area (TPSA) is 38.7 Å². The number of rotatable bonds is 6. The Labute approximate surface area is 331 Å². The molecule has 8 aromatic carbocycles. The van der Waals surface area contributed by atoms with Gasteiger partial charge in [-0.25, -0.2) is 15.0 Å². The summed E-state index contributed by atoms with van der Waals surface area (Å²) < 4.78 is 5.06. The summed E-state index contributed by atoms with van der Waals surface area (Å²) in [6.45, 7) is 0. The fraction of sp³-hybridized carbons (Fsp3) is 0. The van der Waals surface area contributed by atoms with Gasteiger partial charge < -0.3 is 0 Å². The van der Waals surface area contributed by atoms with Crippen LogP contribution < -0.4 is 0 Å². The quantitative estimate of drug-likeness (QED) is 0.170. The highest BCUT2D eigenvalue weighted by molar-refractivity contribution is 7.26. The first-order chi connectivity index (χ1) is 27.7. The van der Waals surface area contributed by atoms with Crippen LogP contribution in [-0.2, 0) is 0 Å². The average molecular weight is 750 g/mol. The molecule has 0 bridgehead atoms. The third-order valence-electron chi connectivity index (χ3n) is 10.6. The monoisotopic (exact) mass is 749 g/mol. The van der Waals surface area contributed by atoms with Crippen molar-refractivity contribution in [2.45, 2.75) is 0 Å². The lowest BCUT2D eigenvalue weighted by Gasteiger charge is -2.11. The SMILES string of the molecule is c1ccc(-c2ccc(-c3nc(-c4ccccc4)nc(-c4cccc5sc6c(-c7cc(-c8ccccc8)c8c(c7)sc7ccccc78)cccc6c45)n3)cc2)cc1. The van der Waals surface area contributed by atoms with Crippen LogP contribution in [0.15, 0.2) is 188 Å². The van der Waals surface area contributed by atoms with E-state index in [0.717, 1.165) is 27.6 Å². The average Bonchev–Trinajstić information content (AvgIpc) is 3.86. The van der Waals surface area contributed by atoms with Gasteiger partial charge in [-0.05, 0) is 57.6 Å². The van der Waals surface area contributed by atoms with E-state index in [4.69, 9.17) is 15.0 Å². The molecular formula is C51H31N3S2. The lowest BCUT2D eigenvalue weighted by atomic mass is 9.94. The van der Waals surface area contributed by atoms with Crippen LogP contribution in [0.5, 0.6) is 0 Å². The zero-order valence-electron chi connectivity index (χ0n) is 30.1. The van der Waals surface area contributed by atoms with E-state index in [2.05, 4.69) is 164 Å². The Balaban J connectivity index is 1.10. The molecule has 3 nitrogen and oxygen atoms in total. The van der Waals surface area contributed by atoms with Crippen molar-refractivity contribution in [3.63, 3.8) is 0 Å². The van der Waals surface area contributed by atoms with E-state index < -0.39 is 0 Å². The molecule has 0 radical (unpaired) electrons. The summed E-state index contributed by atoms with van der Waals surface area (Å²) in [6.07, 6.45) is 0. The molecule has 0 atom stereocenters. The van der Waals surface area contributed by atoms with Crippen LogP contribution in [0.2, 0.25) is 0 Å². The van der Waals surface area contributed by atoms with E-state index in [0.29, 0.717) is 17.5 Å². The highest BCUT2D eigenvalue weighted by atomic mass is 32.1. The third kappa shape index (κ3) is 5.60. The molecule has 0 saturated carbocycles. The molecule has 11 rings (SSSR count). The fourth-order valence-electron chi connectivity index (χ4n) is 7.90. The van der Waals surface area contributed by atoms with Gasteiger partial charge in [0.2, 0.25) is 0 Å². The summed E-state index contributed by atoms with van der Waals surface area (Å²) in [5, 5.41) is 4.99. The molecule has 11 aromatic rings. The molecule has 0 aliphatic rings. The Bertz CT molecular complexity index is 3220. The Kier molecular flexibility index (Phi) is 7.87. The van der Waals surface area contributed by atoms with Crippen LogP contribution in [0.4, 0.5) is 0 Å². The van der Waals surface area contributed by atoms with Gasteiger partial charge in [-0.1, -0.05) is 164 Å². The van der Waals surface area contributed by atoms with Crippen molar-refractivity contribution < 1.29 is 0 Å². The molecule has 0 N–H and O–H groups in total. The minimum atomic E-state index is 0.649. The Hall–Kier alpha value is -6.79. The zero-order valence-corrected chi connectivity index (χ0v) is 31.7. The van der Waals surface area contributed by atoms with E-state index in [1.165, 1.54) is 62.8 Å².